The maximum Gasteiger partial charge on any atom is 0.256 e. The average Bonchev–Trinajstić information content (AvgIpc) is 2.91. The van der Waals surface area contributed by atoms with Crippen molar-refractivity contribution in [3.8, 4) is 11.4 Å². The van der Waals surface area contributed by atoms with Gasteiger partial charge in [0.2, 0.25) is 0 Å². The minimum Gasteiger partial charge on any atom is -0.322 e. The normalized spacial score (nSPS) is 13.7. The first kappa shape index (κ1) is 18.2. The molecule has 1 aliphatic rings. The Balaban J connectivity index is 1.66. The van der Waals surface area contributed by atoms with E-state index in [1.165, 1.54) is 6.42 Å². The van der Waals surface area contributed by atoms with Crippen LogP contribution >= 0.6 is 27.5 Å². The van der Waals surface area contributed by atoms with Crippen LogP contribution in [-0.4, -0.2) is 20.7 Å². The molecule has 2 aromatic carbocycles. The van der Waals surface area contributed by atoms with Crippen LogP contribution in [0.3, 0.4) is 0 Å². The molecule has 0 saturated heterocycles. The Hall–Kier alpha value is -2.18. The summed E-state index contributed by atoms with van der Waals surface area (Å²) in [6.07, 6.45) is 4.36. The number of hydrogen-bond acceptors (Lipinski definition) is 3. The largest absolute Gasteiger partial charge is 0.322 e. The molecule has 5 nitrogen and oxygen atoms in total. The van der Waals surface area contributed by atoms with Gasteiger partial charge in [0, 0.05) is 28.7 Å². The van der Waals surface area contributed by atoms with E-state index in [1.807, 2.05) is 24.3 Å². The Morgan fingerprint density at radius 2 is 1.96 bits per heavy atom. The van der Waals surface area contributed by atoms with E-state index in [4.69, 9.17) is 11.6 Å². The smallest absolute Gasteiger partial charge is 0.256 e. The predicted molar refractivity (Wildman–Crippen MR) is 110 cm³/mol. The van der Waals surface area contributed by atoms with E-state index < -0.39 is 0 Å². The molecule has 0 bridgehead atoms. The van der Waals surface area contributed by atoms with Gasteiger partial charge in [0.1, 0.15) is 5.82 Å². The number of amides is 1. The van der Waals surface area contributed by atoms with Gasteiger partial charge in [0.25, 0.3) is 5.91 Å². The van der Waals surface area contributed by atoms with Crippen LogP contribution in [0.2, 0.25) is 5.02 Å². The third-order valence-corrected chi connectivity index (χ3v) is 5.71. The van der Waals surface area contributed by atoms with Crippen molar-refractivity contribution in [2.45, 2.75) is 32.2 Å². The van der Waals surface area contributed by atoms with Crippen molar-refractivity contribution in [1.29, 1.82) is 0 Å². The number of carbonyl (C=O) groups excluding carboxylic acids is 1. The summed E-state index contributed by atoms with van der Waals surface area (Å²) in [5, 5.41) is 12.2. The lowest BCUT2D eigenvalue weighted by Gasteiger charge is -2.11. The van der Waals surface area contributed by atoms with E-state index in [-0.39, 0.29) is 5.91 Å². The molecule has 0 saturated carbocycles. The highest BCUT2D eigenvalue weighted by Crippen LogP contribution is 2.31. The van der Waals surface area contributed by atoms with Gasteiger partial charge in [0.05, 0.1) is 10.6 Å². The van der Waals surface area contributed by atoms with Crippen LogP contribution < -0.4 is 5.32 Å². The van der Waals surface area contributed by atoms with Crippen LogP contribution in [0, 0.1) is 0 Å². The summed E-state index contributed by atoms with van der Waals surface area (Å²) in [5.74, 6) is 1.57. The number of rotatable bonds is 3. The Morgan fingerprint density at radius 1 is 1.11 bits per heavy atom. The van der Waals surface area contributed by atoms with Gasteiger partial charge >= 0.3 is 0 Å². The second kappa shape index (κ2) is 7.82. The number of halogens is 2. The monoisotopic (exact) mass is 444 g/mol. The molecule has 2 heterocycles. The molecule has 7 heteroatoms. The molecular formula is C20H18BrClN4O. The van der Waals surface area contributed by atoms with Crippen LogP contribution in [0.1, 0.15) is 35.4 Å². The number of nitrogens with zero attached hydrogens (tertiary/aromatic N) is 3. The second-order valence-electron chi connectivity index (χ2n) is 6.53. The number of nitrogens with one attached hydrogen (secondary N) is 1. The van der Waals surface area contributed by atoms with Crippen molar-refractivity contribution < 1.29 is 4.79 Å². The Bertz CT molecular complexity index is 1000. The van der Waals surface area contributed by atoms with Gasteiger partial charge in [-0.15, -0.1) is 10.2 Å². The molecular weight excluding hydrogens is 428 g/mol. The van der Waals surface area contributed by atoms with Crippen LogP contribution in [-0.2, 0) is 13.0 Å². The summed E-state index contributed by atoms with van der Waals surface area (Å²) in [6.45, 7) is 0.890. The number of aromatic nitrogens is 3. The van der Waals surface area contributed by atoms with Gasteiger partial charge in [-0.05, 0) is 59.1 Å². The van der Waals surface area contributed by atoms with E-state index in [9.17, 15) is 4.79 Å². The Kier molecular flexibility index (Phi) is 5.27. The number of aryl methyl sites for hydroxylation is 1. The van der Waals surface area contributed by atoms with Crippen molar-refractivity contribution in [3.05, 3.63) is 63.3 Å². The summed E-state index contributed by atoms with van der Waals surface area (Å²) in [4.78, 5) is 12.6. The fourth-order valence-corrected chi connectivity index (χ4v) is 3.97. The predicted octanol–water partition coefficient (Wildman–Crippen LogP) is 5.34. The fraction of sp³-hybridized carbons (Fsp3) is 0.250. The molecule has 138 valence electrons. The number of fused-ring (bicyclic) bond motifs is 1. The zero-order valence-electron chi connectivity index (χ0n) is 14.6. The minimum atomic E-state index is -0.184. The zero-order chi connectivity index (χ0) is 18.8. The van der Waals surface area contributed by atoms with Gasteiger partial charge in [-0.2, -0.15) is 0 Å². The quantitative estimate of drug-likeness (QED) is 0.592. The van der Waals surface area contributed by atoms with E-state index in [1.54, 1.807) is 18.2 Å². The molecule has 0 atom stereocenters. The maximum atomic E-state index is 12.6. The second-order valence-corrected chi connectivity index (χ2v) is 7.79. The van der Waals surface area contributed by atoms with Crippen LogP contribution in [0.15, 0.2) is 46.9 Å². The van der Waals surface area contributed by atoms with E-state index in [0.29, 0.717) is 16.3 Å². The molecule has 4 rings (SSSR count). The minimum absolute atomic E-state index is 0.184. The van der Waals surface area contributed by atoms with E-state index in [0.717, 1.165) is 47.5 Å². The molecule has 0 aliphatic carbocycles. The highest BCUT2D eigenvalue weighted by Gasteiger charge is 2.19. The molecule has 1 aromatic heterocycles. The number of hydrogen-bond donors (Lipinski definition) is 1. The molecule has 0 fully saturated rings. The average molecular weight is 446 g/mol. The first-order chi connectivity index (χ1) is 13.1. The van der Waals surface area contributed by atoms with Crippen LogP contribution in [0.25, 0.3) is 11.4 Å². The summed E-state index contributed by atoms with van der Waals surface area (Å²) in [6, 6.07) is 12.8. The molecule has 1 N–H and O–H groups in total. The lowest BCUT2D eigenvalue weighted by Crippen LogP contribution is -2.12. The third kappa shape index (κ3) is 3.77. The number of benzene rings is 2. The lowest BCUT2D eigenvalue weighted by molar-refractivity contribution is 0.102. The van der Waals surface area contributed by atoms with Crippen molar-refractivity contribution in [2.24, 2.45) is 0 Å². The first-order valence-electron chi connectivity index (χ1n) is 8.91. The highest BCUT2D eigenvalue weighted by molar-refractivity contribution is 9.10. The Labute approximate surface area is 170 Å². The Morgan fingerprint density at radius 3 is 2.81 bits per heavy atom. The van der Waals surface area contributed by atoms with Gasteiger partial charge in [0.15, 0.2) is 5.82 Å². The molecule has 3 aromatic rings. The first-order valence-corrected chi connectivity index (χ1v) is 10.1. The van der Waals surface area contributed by atoms with Gasteiger partial charge < -0.3 is 9.88 Å². The van der Waals surface area contributed by atoms with Crippen molar-refractivity contribution >= 4 is 39.1 Å². The lowest BCUT2D eigenvalue weighted by atomic mass is 10.1. The fourth-order valence-electron chi connectivity index (χ4n) is 3.30. The standard InChI is InChI=1S/C20H18BrClN4O/c21-16-7-4-3-6-14(16)20(27)23-13-9-10-17(22)15(12-13)19-25-24-18-8-2-1-5-11-26(18)19/h3-4,6-7,9-10,12H,1-2,5,8,11H2,(H,23,27). The maximum absolute atomic E-state index is 12.6. The summed E-state index contributed by atoms with van der Waals surface area (Å²) < 4.78 is 2.90. The molecule has 27 heavy (non-hydrogen) atoms. The van der Waals surface area contributed by atoms with Gasteiger partial charge in [-0.1, -0.05) is 30.2 Å². The van der Waals surface area contributed by atoms with E-state index in [2.05, 4.69) is 36.0 Å². The van der Waals surface area contributed by atoms with Gasteiger partial charge in [-0.3, -0.25) is 4.79 Å². The molecule has 0 unspecified atom stereocenters. The van der Waals surface area contributed by atoms with E-state index >= 15 is 0 Å². The molecule has 1 amide bonds. The van der Waals surface area contributed by atoms with Crippen molar-refractivity contribution in [1.82, 2.24) is 14.8 Å². The van der Waals surface area contributed by atoms with Gasteiger partial charge in [-0.25, -0.2) is 0 Å². The summed E-state index contributed by atoms with van der Waals surface area (Å²) in [7, 11) is 0. The SMILES string of the molecule is O=C(Nc1ccc(Cl)c(-c2nnc3n2CCCCC3)c1)c1ccccc1Br. The molecule has 0 spiro atoms. The third-order valence-electron chi connectivity index (χ3n) is 4.69. The van der Waals surface area contributed by atoms with Crippen LogP contribution in [0.5, 0.6) is 0 Å². The molecule has 1 aliphatic heterocycles. The van der Waals surface area contributed by atoms with Crippen molar-refractivity contribution in [3.63, 3.8) is 0 Å². The van der Waals surface area contributed by atoms with Crippen LogP contribution in [0.4, 0.5) is 5.69 Å². The summed E-state index contributed by atoms with van der Waals surface area (Å²) in [5.41, 5.74) is 2.02. The molecule has 0 radical (unpaired) electrons. The van der Waals surface area contributed by atoms with Crippen molar-refractivity contribution in [2.75, 3.05) is 5.32 Å². The number of anilines is 1. The highest BCUT2D eigenvalue weighted by atomic mass is 79.9. The zero-order valence-corrected chi connectivity index (χ0v) is 16.9. The summed E-state index contributed by atoms with van der Waals surface area (Å²) >= 11 is 9.86. The topological polar surface area (TPSA) is 59.8 Å². The number of carbonyl (C=O) groups is 1.